The van der Waals surface area contributed by atoms with Crippen molar-refractivity contribution in [3.8, 4) is 0 Å². The third-order valence-corrected chi connectivity index (χ3v) is 4.08. The number of nitrogens with zero attached hydrogens (tertiary/aromatic N) is 1. The highest BCUT2D eigenvalue weighted by Gasteiger charge is 2.17. The average molecular weight is 346 g/mol. The van der Waals surface area contributed by atoms with Crippen LogP contribution in [0, 0.1) is 10.1 Å². The van der Waals surface area contributed by atoms with Gasteiger partial charge in [0.15, 0.2) is 0 Å². The van der Waals surface area contributed by atoms with E-state index in [2.05, 4.69) is 5.32 Å². The number of amides is 1. The molecule has 1 N–H and O–H groups in total. The zero-order valence-corrected chi connectivity index (χ0v) is 14.0. The zero-order chi connectivity index (χ0) is 18.4. The molecule has 0 radical (unpaired) electrons. The molecule has 0 aliphatic heterocycles. The third-order valence-electron chi connectivity index (χ3n) is 4.08. The Morgan fingerprint density at radius 1 is 0.846 bits per heavy atom. The maximum Gasteiger partial charge on any atom is 0.269 e. The van der Waals surface area contributed by atoms with Crippen LogP contribution in [-0.2, 0) is 11.2 Å². The summed E-state index contributed by atoms with van der Waals surface area (Å²) in [4.78, 5) is 22.8. The van der Waals surface area contributed by atoms with Gasteiger partial charge in [-0.1, -0.05) is 72.8 Å². The summed E-state index contributed by atoms with van der Waals surface area (Å²) in [7, 11) is 0. The Labute approximate surface area is 151 Å². The van der Waals surface area contributed by atoms with Crippen LogP contribution in [-0.4, -0.2) is 10.8 Å². The molecule has 130 valence electrons. The molecule has 0 aliphatic carbocycles. The SMILES string of the molecule is O=C(Cc1ccc([N+](=O)[O-])cc1)NC(c1ccccc1)c1ccccc1. The van der Waals surface area contributed by atoms with Crippen molar-refractivity contribution in [3.05, 3.63) is 112 Å². The molecule has 0 saturated heterocycles. The fourth-order valence-corrected chi connectivity index (χ4v) is 2.78. The lowest BCUT2D eigenvalue weighted by Gasteiger charge is -2.20. The summed E-state index contributed by atoms with van der Waals surface area (Å²) in [6, 6.07) is 25.3. The first kappa shape index (κ1) is 17.4. The fraction of sp³-hybridized carbons (Fsp3) is 0.0952. The van der Waals surface area contributed by atoms with Crippen LogP contribution in [0.2, 0.25) is 0 Å². The Morgan fingerprint density at radius 2 is 1.35 bits per heavy atom. The van der Waals surface area contributed by atoms with Gasteiger partial charge in [0.1, 0.15) is 0 Å². The van der Waals surface area contributed by atoms with Crippen LogP contribution in [0.25, 0.3) is 0 Å². The van der Waals surface area contributed by atoms with Crippen molar-refractivity contribution in [1.82, 2.24) is 5.32 Å². The van der Waals surface area contributed by atoms with Crippen molar-refractivity contribution >= 4 is 11.6 Å². The van der Waals surface area contributed by atoms with Crippen LogP contribution in [0.1, 0.15) is 22.7 Å². The van der Waals surface area contributed by atoms with E-state index in [9.17, 15) is 14.9 Å². The molecule has 0 saturated carbocycles. The molecule has 0 aliphatic rings. The molecule has 0 spiro atoms. The van der Waals surface area contributed by atoms with Crippen molar-refractivity contribution in [1.29, 1.82) is 0 Å². The molecule has 5 heteroatoms. The number of carbonyl (C=O) groups is 1. The van der Waals surface area contributed by atoms with E-state index in [1.165, 1.54) is 12.1 Å². The number of benzene rings is 3. The van der Waals surface area contributed by atoms with Gasteiger partial charge in [-0.15, -0.1) is 0 Å². The van der Waals surface area contributed by atoms with Gasteiger partial charge in [-0.25, -0.2) is 0 Å². The monoisotopic (exact) mass is 346 g/mol. The Bertz CT molecular complexity index is 839. The summed E-state index contributed by atoms with van der Waals surface area (Å²) < 4.78 is 0. The second-order valence-corrected chi connectivity index (χ2v) is 5.92. The van der Waals surface area contributed by atoms with Crippen molar-refractivity contribution < 1.29 is 9.72 Å². The molecule has 0 unspecified atom stereocenters. The summed E-state index contributed by atoms with van der Waals surface area (Å²) in [5.41, 5.74) is 2.74. The van der Waals surface area contributed by atoms with E-state index in [0.717, 1.165) is 16.7 Å². The first-order chi connectivity index (χ1) is 12.6. The summed E-state index contributed by atoms with van der Waals surface area (Å²) in [5, 5.41) is 13.8. The lowest BCUT2D eigenvalue weighted by Crippen LogP contribution is -2.30. The van der Waals surface area contributed by atoms with Crippen LogP contribution in [0.3, 0.4) is 0 Å². The predicted molar refractivity (Wildman–Crippen MR) is 99.7 cm³/mol. The first-order valence-corrected chi connectivity index (χ1v) is 8.26. The van der Waals surface area contributed by atoms with Gasteiger partial charge in [0.2, 0.25) is 5.91 Å². The summed E-state index contributed by atoms with van der Waals surface area (Å²) in [5.74, 6) is -0.142. The maximum atomic E-state index is 12.5. The molecule has 0 aromatic heterocycles. The Kier molecular flexibility index (Phi) is 5.39. The third kappa shape index (κ3) is 4.33. The number of carbonyl (C=O) groups excluding carboxylic acids is 1. The second kappa shape index (κ2) is 8.07. The molecule has 3 rings (SSSR count). The molecule has 3 aromatic carbocycles. The molecule has 0 heterocycles. The summed E-state index contributed by atoms with van der Waals surface area (Å²) >= 11 is 0. The van der Waals surface area contributed by atoms with Gasteiger partial charge >= 0.3 is 0 Å². The highest BCUT2D eigenvalue weighted by molar-refractivity contribution is 5.79. The van der Waals surface area contributed by atoms with Crippen molar-refractivity contribution in [3.63, 3.8) is 0 Å². The van der Waals surface area contributed by atoms with E-state index in [1.54, 1.807) is 12.1 Å². The van der Waals surface area contributed by atoms with Gasteiger partial charge in [0, 0.05) is 12.1 Å². The maximum absolute atomic E-state index is 12.5. The van der Waals surface area contributed by atoms with Crippen molar-refractivity contribution in [2.24, 2.45) is 0 Å². The molecule has 5 nitrogen and oxygen atoms in total. The molecule has 3 aromatic rings. The highest BCUT2D eigenvalue weighted by atomic mass is 16.6. The number of nitro benzene ring substituents is 1. The average Bonchev–Trinajstić information content (AvgIpc) is 2.68. The van der Waals surface area contributed by atoms with E-state index in [1.807, 2.05) is 60.7 Å². The second-order valence-electron chi connectivity index (χ2n) is 5.92. The van der Waals surface area contributed by atoms with Gasteiger partial charge < -0.3 is 5.32 Å². The predicted octanol–water partition coefficient (Wildman–Crippen LogP) is 4.04. The van der Waals surface area contributed by atoms with Gasteiger partial charge in [-0.2, -0.15) is 0 Å². The van der Waals surface area contributed by atoms with E-state index in [4.69, 9.17) is 0 Å². The molecule has 0 fully saturated rings. The smallest absolute Gasteiger partial charge is 0.269 e. The van der Waals surface area contributed by atoms with Gasteiger partial charge in [-0.3, -0.25) is 14.9 Å². The minimum absolute atomic E-state index is 0.0144. The zero-order valence-electron chi connectivity index (χ0n) is 14.0. The Balaban J connectivity index is 1.76. The summed E-state index contributed by atoms with van der Waals surface area (Å²) in [6.45, 7) is 0. The van der Waals surface area contributed by atoms with E-state index in [-0.39, 0.29) is 24.1 Å². The van der Waals surface area contributed by atoms with Gasteiger partial charge in [0.05, 0.1) is 17.4 Å². The minimum atomic E-state index is -0.454. The number of nitrogens with one attached hydrogen (secondary N) is 1. The molecular weight excluding hydrogens is 328 g/mol. The molecular formula is C21H18N2O3. The number of non-ortho nitro benzene ring substituents is 1. The molecule has 1 amide bonds. The largest absolute Gasteiger partial charge is 0.345 e. The highest BCUT2D eigenvalue weighted by Crippen LogP contribution is 2.22. The van der Waals surface area contributed by atoms with E-state index in [0.29, 0.717) is 0 Å². The van der Waals surface area contributed by atoms with Crippen LogP contribution in [0.4, 0.5) is 5.69 Å². The topological polar surface area (TPSA) is 72.2 Å². The number of rotatable bonds is 6. The number of nitro groups is 1. The van der Waals surface area contributed by atoms with Gasteiger partial charge in [-0.05, 0) is 16.7 Å². The van der Waals surface area contributed by atoms with Crippen LogP contribution in [0.15, 0.2) is 84.9 Å². The van der Waals surface area contributed by atoms with Crippen LogP contribution >= 0.6 is 0 Å². The fourth-order valence-electron chi connectivity index (χ4n) is 2.78. The number of hydrogen-bond donors (Lipinski definition) is 1. The quantitative estimate of drug-likeness (QED) is 0.541. The van der Waals surface area contributed by atoms with E-state index >= 15 is 0 Å². The Morgan fingerprint density at radius 3 is 1.81 bits per heavy atom. The van der Waals surface area contributed by atoms with Crippen molar-refractivity contribution in [2.45, 2.75) is 12.5 Å². The first-order valence-electron chi connectivity index (χ1n) is 8.26. The summed E-state index contributed by atoms with van der Waals surface area (Å²) in [6.07, 6.45) is 0.161. The lowest BCUT2D eigenvalue weighted by atomic mass is 9.98. The van der Waals surface area contributed by atoms with Gasteiger partial charge in [0.25, 0.3) is 5.69 Å². The molecule has 26 heavy (non-hydrogen) atoms. The van der Waals surface area contributed by atoms with Crippen LogP contribution in [0.5, 0.6) is 0 Å². The van der Waals surface area contributed by atoms with Crippen molar-refractivity contribution in [2.75, 3.05) is 0 Å². The minimum Gasteiger partial charge on any atom is -0.345 e. The lowest BCUT2D eigenvalue weighted by molar-refractivity contribution is -0.384. The van der Waals surface area contributed by atoms with Crippen LogP contribution < -0.4 is 5.32 Å². The molecule has 0 atom stereocenters. The normalized spacial score (nSPS) is 10.5. The standard InChI is InChI=1S/C21H18N2O3/c24-20(15-16-11-13-19(14-12-16)23(25)26)22-21(17-7-3-1-4-8-17)18-9-5-2-6-10-18/h1-14,21H,15H2,(H,22,24). The molecule has 0 bridgehead atoms. The number of hydrogen-bond acceptors (Lipinski definition) is 3. The van der Waals surface area contributed by atoms with E-state index < -0.39 is 4.92 Å². The Hall–Kier alpha value is -3.47.